The van der Waals surface area contributed by atoms with Crippen molar-refractivity contribution in [2.75, 3.05) is 19.6 Å². The molecule has 0 bridgehead atoms. The van der Waals surface area contributed by atoms with Gasteiger partial charge in [-0.3, -0.25) is 4.90 Å². The van der Waals surface area contributed by atoms with Crippen molar-refractivity contribution in [1.29, 1.82) is 0 Å². The fourth-order valence-electron chi connectivity index (χ4n) is 4.67. The van der Waals surface area contributed by atoms with Crippen LogP contribution in [0.1, 0.15) is 57.9 Å². The van der Waals surface area contributed by atoms with Crippen molar-refractivity contribution in [2.24, 2.45) is 5.92 Å². The topological polar surface area (TPSA) is 6.48 Å². The first-order valence-electron chi connectivity index (χ1n) is 9.78. The molecule has 0 N–H and O–H groups in total. The lowest BCUT2D eigenvalue weighted by Gasteiger charge is -2.43. The second kappa shape index (κ2) is 8.30. The third-order valence-corrected chi connectivity index (χ3v) is 6.08. The molecule has 2 aliphatic rings. The lowest BCUT2D eigenvalue weighted by molar-refractivity contribution is 0.0615. The molecule has 2 fully saturated rings. The van der Waals surface area contributed by atoms with E-state index in [1.165, 1.54) is 63.7 Å². The Morgan fingerprint density at radius 3 is 2.43 bits per heavy atom. The van der Waals surface area contributed by atoms with Crippen LogP contribution in [0, 0.1) is 5.92 Å². The number of rotatable bonds is 5. The molecular formula is C21H34N2. The Morgan fingerprint density at radius 2 is 1.78 bits per heavy atom. The average Bonchev–Trinajstić information content (AvgIpc) is 2.61. The summed E-state index contributed by atoms with van der Waals surface area (Å²) in [4.78, 5) is 5.50. The van der Waals surface area contributed by atoms with E-state index in [0.29, 0.717) is 0 Å². The number of piperidine rings is 1. The summed E-state index contributed by atoms with van der Waals surface area (Å²) in [6, 6.07) is 12.6. The van der Waals surface area contributed by atoms with Gasteiger partial charge in [-0.05, 0) is 56.8 Å². The first-order valence-corrected chi connectivity index (χ1v) is 9.78. The Labute approximate surface area is 142 Å². The van der Waals surface area contributed by atoms with E-state index in [1.807, 2.05) is 0 Å². The Hall–Kier alpha value is -0.860. The monoisotopic (exact) mass is 314 g/mol. The molecule has 2 heteroatoms. The summed E-state index contributed by atoms with van der Waals surface area (Å²) in [7, 11) is 0. The van der Waals surface area contributed by atoms with Crippen LogP contribution < -0.4 is 0 Å². The normalized spacial score (nSPS) is 27.4. The molecule has 1 saturated heterocycles. The van der Waals surface area contributed by atoms with Gasteiger partial charge in [-0.1, -0.05) is 57.0 Å². The van der Waals surface area contributed by atoms with Gasteiger partial charge in [0.15, 0.2) is 0 Å². The van der Waals surface area contributed by atoms with Gasteiger partial charge in [-0.15, -0.1) is 0 Å². The molecule has 0 aromatic heterocycles. The van der Waals surface area contributed by atoms with Crippen LogP contribution in [0.4, 0.5) is 0 Å². The van der Waals surface area contributed by atoms with Crippen molar-refractivity contribution < 1.29 is 0 Å². The highest BCUT2D eigenvalue weighted by Crippen LogP contribution is 2.30. The molecule has 1 aromatic rings. The maximum Gasteiger partial charge on any atom is 0.0236 e. The largest absolute Gasteiger partial charge is 0.300 e. The van der Waals surface area contributed by atoms with E-state index in [4.69, 9.17) is 0 Å². The van der Waals surface area contributed by atoms with Crippen molar-refractivity contribution in [1.82, 2.24) is 9.80 Å². The number of hydrogen-bond donors (Lipinski definition) is 0. The van der Waals surface area contributed by atoms with Crippen molar-refractivity contribution in [3.8, 4) is 0 Å². The maximum absolute atomic E-state index is 2.81. The van der Waals surface area contributed by atoms with Crippen LogP contribution in [0.25, 0.3) is 0 Å². The summed E-state index contributed by atoms with van der Waals surface area (Å²) in [6.45, 7) is 9.67. The summed E-state index contributed by atoms with van der Waals surface area (Å²) >= 11 is 0. The third kappa shape index (κ3) is 4.58. The summed E-state index contributed by atoms with van der Waals surface area (Å²) in [6.07, 6.45) is 8.48. The van der Waals surface area contributed by atoms with Crippen LogP contribution in [-0.2, 0) is 6.54 Å². The Bertz CT molecular complexity index is 450. The number of likely N-dealkylation sites (tertiary alicyclic amines) is 1. The van der Waals surface area contributed by atoms with Crippen LogP contribution in [0.2, 0.25) is 0 Å². The standard InChI is InChI=1S/C21H34N2/c1-3-22(17-19-9-5-4-6-10-19)20-12-14-23(15-13-20)21-11-7-8-18(2)16-21/h4-6,9-10,18,20-21H,3,7-8,11-17H2,1-2H3. The van der Waals surface area contributed by atoms with Gasteiger partial charge in [0.25, 0.3) is 0 Å². The molecule has 0 spiro atoms. The first kappa shape index (κ1) is 17.0. The van der Waals surface area contributed by atoms with E-state index >= 15 is 0 Å². The fourth-order valence-corrected chi connectivity index (χ4v) is 4.67. The van der Waals surface area contributed by atoms with Gasteiger partial charge in [0.05, 0.1) is 0 Å². The zero-order valence-electron chi connectivity index (χ0n) is 15.1. The van der Waals surface area contributed by atoms with Crippen LogP contribution in [0.3, 0.4) is 0 Å². The maximum atomic E-state index is 2.81. The fraction of sp³-hybridized carbons (Fsp3) is 0.714. The minimum Gasteiger partial charge on any atom is -0.300 e. The average molecular weight is 315 g/mol. The van der Waals surface area contributed by atoms with E-state index in [-0.39, 0.29) is 0 Å². The molecule has 23 heavy (non-hydrogen) atoms. The van der Waals surface area contributed by atoms with Crippen molar-refractivity contribution in [3.63, 3.8) is 0 Å². The Kier molecular flexibility index (Phi) is 6.13. The minimum absolute atomic E-state index is 0.775. The van der Waals surface area contributed by atoms with Gasteiger partial charge in [-0.2, -0.15) is 0 Å². The number of hydrogen-bond acceptors (Lipinski definition) is 2. The quantitative estimate of drug-likeness (QED) is 0.786. The van der Waals surface area contributed by atoms with E-state index in [2.05, 4.69) is 54.0 Å². The predicted molar refractivity (Wildman–Crippen MR) is 98.5 cm³/mol. The third-order valence-electron chi connectivity index (χ3n) is 6.08. The summed E-state index contributed by atoms with van der Waals surface area (Å²) in [5, 5.41) is 0. The first-order chi connectivity index (χ1) is 11.3. The van der Waals surface area contributed by atoms with Gasteiger partial charge in [-0.25, -0.2) is 0 Å². The molecule has 1 saturated carbocycles. The SMILES string of the molecule is CCN(Cc1ccccc1)C1CCN(C2CCCC(C)C2)CC1. The second-order valence-electron chi connectivity index (χ2n) is 7.74. The van der Waals surface area contributed by atoms with Gasteiger partial charge < -0.3 is 4.90 Å². The molecule has 2 nitrogen and oxygen atoms in total. The minimum atomic E-state index is 0.775. The highest BCUT2D eigenvalue weighted by atomic mass is 15.2. The molecule has 1 aliphatic carbocycles. The van der Waals surface area contributed by atoms with Gasteiger partial charge in [0, 0.05) is 18.6 Å². The number of benzene rings is 1. The van der Waals surface area contributed by atoms with Gasteiger partial charge in [0.1, 0.15) is 0 Å². The molecule has 128 valence electrons. The number of nitrogens with zero attached hydrogens (tertiary/aromatic N) is 2. The lowest BCUT2D eigenvalue weighted by atomic mass is 9.85. The Morgan fingerprint density at radius 1 is 1.04 bits per heavy atom. The highest BCUT2D eigenvalue weighted by molar-refractivity contribution is 5.14. The van der Waals surface area contributed by atoms with Gasteiger partial charge >= 0.3 is 0 Å². The molecule has 1 aliphatic heterocycles. The smallest absolute Gasteiger partial charge is 0.0236 e. The zero-order chi connectivity index (χ0) is 16.1. The van der Waals surface area contributed by atoms with Crippen LogP contribution in [0.15, 0.2) is 30.3 Å². The van der Waals surface area contributed by atoms with E-state index < -0.39 is 0 Å². The summed E-state index contributed by atoms with van der Waals surface area (Å²) < 4.78 is 0. The molecule has 3 rings (SSSR count). The van der Waals surface area contributed by atoms with E-state index in [1.54, 1.807) is 0 Å². The summed E-state index contributed by atoms with van der Waals surface area (Å²) in [5.74, 6) is 0.941. The zero-order valence-corrected chi connectivity index (χ0v) is 15.1. The molecule has 0 radical (unpaired) electrons. The van der Waals surface area contributed by atoms with Crippen LogP contribution in [-0.4, -0.2) is 41.5 Å². The Balaban J connectivity index is 1.50. The van der Waals surface area contributed by atoms with Crippen LogP contribution >= 0.6 is 0 Å². The molecule has 2 atom stereocenters. The molecule has 1 heterocycles. The molecule has 0 amide bonds. The van der Waals surface area contributed by atoms with E-state index in [0.717, 1.165) is 24.5 Å². The lowest BCUT2D eigenvalue weighted by Crippen LogP contribution is -2.48. The molecule has 2 unspecified atom stereocenters. The van der Waals surface area contributed by atoms with Crippen molar-refractivity contribution in [3.05, 3.63) is 35.9 Å². The molecular weight excluding hydrogens is 280 g/mol. The predicted octanol–water partition coefficient (Wildman–Crippen LogP) is 4.55. The molecule has 1 aromatic carbocycles. The van der Waals surface area contributed by atoms with Crippen molar-refractivity contribution >= 4 is 0 Å². The summed E-state index contributed by atoms with van der Waals surface area (Å²) in [5.41, 5.74) is 1.46. The second-order valence-corrected chi connectivity index (χ2v) is 7.74. The van der Waals surface area contributed by atoms with Crippen molar-refractivity contribution in [2.45, 2.75) is 71.0 Å². The van der Waals surface area contributed by atoms with Crippen LogP contribution in [0.5, 0.6) is 0 Å². The highest BCUT2D eigenvalue weighted by Gasteiger charge is 2.29. The van der Waals surface area contributed by atoms with E-state index in [9.17, 15) is 0 Å². The van der Waals surface area contributed by atoms with Gasteiger partial charge in [0.2, 0.25) is 0 Å².